The Labute approximate surface area is 244 Å². The molecule has 0 spiro atoms. The van der Waals surface area contributed by atoms with Gasteiger partial charge in [-0.3, -0.25) is 4.79 Å². The van der Waals surface area contributed by atoms with Crippen LogP contribution in [0.2, 0.25) is 0 Å². The lowest BCUT2D eigenvalue weighted by molar-refractivity contribution is 0.0852. The van der Waals surface area contributed by atoms with Crippen molar-refractivity contribution in [2.24, 2.45) is 0 Å². The van der Waals surface area contributed by atoms with Crippen LogP contribution in [0, 0.1) is 6.92 Å². The number of fused-ring (bicyclic) bond motifs is 2. The highest BCUT2D eigenvalue weighted by atomic mass is 32.1. The van der Waals surface area contributed by atoms with Crippen LogP contribution in [0.25, 0.3) is 28.0 Å². The first-order valence-corrected chi connectivity index (χ1v) is 14.2. The summed E-state index contributed by atoms with van der Waals surface area (Å²) in [6.07, 6.45) is 4.99. The number of aromatic nitrogens is 5. The molecule has 0 bridgehead atoms. The van der Waals surface area contributed by atoms with Crippen molar-refractivity contribution in [2.75, 3.05) is 13.2 Å². The van der Waals surface area contributed by atoms with Gasteiger partial charge in [-0.2, -0.15) is 14.6 Å². The summed E-state index contributed by atoms with van der Waals surface area (Å²) in [4.78, 5) is 18.6. The second kappa shape index (κ2) is 10.6. The lowest BCUT2D eigenvalue weighted by Gasteiger charge is -2.24. The van der Waals surface area contributed by atoms with Gasteiger partial charge >= 0.3 is 0 Å². The molecule has 0 radical (unpaired) electrons. The quantitative estimate of drug-likeness (QED) is 0.249. The zero-order chi connectivity index (χ0) is 28.6. The molecule has 3 aromatic carbocycles. The summed E-state index contributed by atoms with van der Waals surface area (Å²) in [5, 5.41) is 9.42. The molecule has 6 aromatic rings. The second-order valence-electron chi connectivity index (χ2n) is 9.73. The number of aryl methyl sites for hydroxylation is 1. The number of para-hydroxylation sites is 3. The van der Waals surface area contributed by atoms with E-state index >= 15 is 0 Å². The van der Waals surface area contributed by atoms with Gasteiger partial charge in [-0.1, -0.05) is 54.3 Å². The summed E-state index contributed by atoms with van der Waals surface area (Å²) in [5.41, 5.74) is 4.13. The molecule has 0 aliphatic carbocycles. The van der Waals surface area contributed by atoms with Crippen molar-refractivity contribution in [1.29, 1.82) is 0 Å². The van der Waals surface area contributed by atoms with Crippen LogP contribution in [0.4, 0.5) is 0 Å². The van der Waals surface area contributed by atoms with E-state index < -0.39 is 6.10 Å². The number of hydrogen-bond acceptors (Lipinski definition) is 8. The van der Waals surface area contributed by atoms with Gasteiger partial charge in [0.05, 0.1) is 10.2 Å². The molecular formula is C32H25N5O4S. The predicted molar refractivity (Wildman–Crippen MR) is 161 cm³/mol. The molecule has 42 heavy (non-hydrogen) atoms. The van der Waals surface area contributed by atoms with E-state index in [2.05, 4.69) is 16.7 Å². The SMILES string of the molecule is C=CCOc1ccc(-c2nn(-c3ccccc3)cc2/C=c2\sc3nc(C4COc5ccccc5O4)nn3c2=O)c(C)c1. The van der Waals surface area contributed by atoms with E-state index in [1.807, 2.05) is 96.7 Å². The van der Waals surface area contributed by atoms with Gasteiger partial charge < -0.3 is 14.2 Å². The minimum atomic E-state index is -0.504. The van der Waals surface area contributed by atoms with Crippen LogP contribution < -0.4 is 24.3 Å². The number of rotatable bonds is 7. The first kappa shape index (κ1) is 25.7. The first-order chi connectivity index (χ1) is 20.6. The van der Waals surface area contributed by atoms with Crippen molar-refractivity contribution in [3.63, 3.8) is 0 Å². The Kier molecular flexibility index (Phi) is 6.52. The molecular weight excluding hydrogens is 550 g/mol. The maximum atomic E-state index is 13.5. The van der Waals surface area contributed by atoms with E-state index in [-0.39, 0.29) is 12.2 Å². The predicted octanol–water partition coefficient (Wildman–Crippen LogP) is 4.94. The smallest absolute Gasteiger partial charge is 0.291 e. The highest BCUT2D eigenvalue weighted by Crippen LogP contribution is 2.35. The molecule has 0 N–H and O–H groups in total. The van der Waals surface area contributed by atoms with Crippen LogP contribution in [-0.2, 0) is 0 Å². The first-order valence-electron chi connectivity index (χ1n) is 13.4. The van der Waals surface area contributed by atoms with Gasteiger partial charge in [0.1, 0.15) is 24.7 Å². The van der Waals surface area contributed by atoms with Crippen molar-refractivity contribution in [3.05, 3.63) is 123 Å². The minimum Gasteiger partial charge on any atom is -0.490 e. The van der Waals surface area contributed by atoms with Gasteiger partial charge in [-0.25, -0.2) is 4.68 Å². The van der Waals surface area contributed by atoms with Crippen molar-refractivity contribution < 1.29 is 14.2 Å². The summed E-state index contributed by atoms with van der Waals surface area (Å²) >= 11 is 1.27. The number of benzene rings is 3. The molecule has 0 amide bonds. The van der Waals surface area contributed by atoms with Crippen molar-refractivity contribution >= 4 is 22.4 Å². The van der Waals surface area contributed by atoms with Crippen LogP contribution in [-0.4, -0.2) is 37.6 Å². The molecule has 7 rings (SSSR count). The van der Waals surface area contributed by atoms with Gasteiger partial charge in [0.15, 0.2) is 23.4 Å². The largest absolute Gasteiger partial charge is 0.490 e. The van der Waals surface area contributed by atoms with E-state index in [0.717, 1.165) is 33.8 Å². The summed E-state index contributed by atoms with van der Waals surface area (Å²) < 4.78 is 21.2. The third-order valence-corrected chi connectivity index (χ3v) is 7.82. The summed E-state index contributed by atoms with van der Waals surface area (Å²) in [7, 11) is 0. The molecule has 10 heteroatoms. The van der Waals surface area contributed by atoms with Gasteiger partial charge in [0.25, 0.3) is 5.56 Å². The van der Waals surface area contributed by atoms with Gasteiger partial charge in [-0.05, 0) is 61.0 Å². The molecule has 1 atom stereocenters. The topological polar surface area (TPSA) is 92.8 Å². The molecule has 1 aliphatic rings. The Morgan fingerprint density at radius 3 is 2.67 bits per heavy atom. The van der Waals surface area contributed by atoms with Crippen LogP contribution >= 0.6 is 11.3 Å². The molecule has 1 aliphatic heterocycles. The minimum absolute atomic E-state index is 0.255. The Hall–Kier alpha value is -5.22. The van der Waals surface area contributed by atoms with Crippen LogP contribution in [0.15, 0.2) is 96.4 Å². The average Bonchev–Trinajstić information content (AvgIpc) is 3.71. The molecule has 0 saturated heterocycles. The Morgan fingerprint density at radius 2 is 1.88 bits per heavy atom. The lowest BCUT2D eigenvalue weighted by atomic mass is 10.0. The van der Waals surface area contributed by atoms with Crippen molar-refractivity contribution in [2.45, 2.75) is 13.0 Å². The van der Waals surface area contributed by atoms with Gasteiger partial charge in [0.2, 0.25) is 4.96 Å². The number of thiazole rings is 1. The van der Waals surface area contributed by atoms with Crippen molar-refractivity contribution in [3.8, 4) is 34.2 Å². The maximum Gasteiger partial charge on any atom is 0.291 e. The molecule has 0 fully saturated rings. The Bertz CT molecular complexity index is 2050. The summed E-state index contributed by atoms with van der Waals surface area (Å²) in [6.45, 7) is 6.42. The third kappa shape index (κ3) is 4.71. The standard InChI is InChI=1S/C32H25N5O4S/c1-3-15-39-23-13-14-24(20(2)16-23)29-21(18-36(34-29)22-9-5-4-6-10-22)17-28-31(38)37-32(42-28)33-30(35-37)27-19-40-25-11-7-8-12-26(25)41-27/h3-14,16-18,27H,1,15,19H2,2H3/b28-17-. The van der Waals surface area contributed by atoms with Gasteiger partial charge in [0, 0.05) is 17.3 Å². The van der Waals surface area contributed by atoms with E-state index in [0.29, 0.717) is 33.4 Å². The van der Waals surface area contributed by atoms with E-state index in [4.69, 9.17) is 19.3 Å². The van der Waals surface area contributed by atoms with Gasteiger partial charge in [-0.15, -0.1) is 5.10 Å². The fraction of sp³-hybridized carbons (Fsp3) is 0.125. The molecule has 1 unspecified atom stereocenters. The zero-order valence-corrected chi connectivity index (χ0v) is 23.5. The Morgan fingerprint density at radius 1 is 1.07 bits per heavy atom. The molecule has 4 heterocycles. The number of ether oxygens (including phenoxy) is 3. The molecule has 208 valence electrons. The third-order valence-electron chi connectivity index (χ3n) is 6.87. The van der Waals surface area contributed by atoms with Crippen LogP contribution in [0.3, 0.4) is 0 Å². The lowest BCUT2D eigenvalue weighted by Crippen LogP contribution is -2.26. The number of hydrogen-bond donors (Lipinski definition) is 0. The van der Waals surface area contributed by atoms with Crippen LogP contribution in [0.1, 0.15) is 23.1 Å². The van der Waals surface area contributed by atoms with E-state index in [9.17, 15) is 4.79 Å². The number of nitrogens with zero attached hydrogens (tertiary/aromatic N) is 5. The van der Waals surface area contributed by atoms with Crippen molar-refractivity contribution in [1.82, 2.24) is 24.4 Å². The average molecular weight is 576 g/mol. The monoisotopic (exact) mass is 575 g/mol. The molecule has 9 nitrogen and oxygen atoms in total. The highest BCUT2D eigenvalue weighted by Gasteiger charge is 2.27. The van der Waals surface area contributed by atoms with E-state index in [1.54, 1.807) is 6.08 Å². The highest BCUT2D eigenvalue weighted by molar-refractivity contribution is 7.15. The fourth-order valence-corrected chi connectivity index (χ4v) is 5.74. The summed E-state index contributed by atoms with van der Waals surface area (Å²) in [5.74, 6) is 2.47. The Balaban J connectivity index is 1.28. The molecule has 0 saturated carbocycles. The summed E-state index contributed by atoms with van der Waals surface area (Å²) in [6, 6.07) is 23.2. The maximum absolute atomic E-state index is 13.5. The van der Waals surface area contributed by atoms with Crippen LogP contribution in [0.5, 0.6) is 17.2 Å². The second-order valence-corrected chi connectivity index (χ2v) is 10.7. The zero-order valence-electron chi connectivity index (χ0n) is 22.6. The normalized spacial score (nSPS) is 14.8. The fourth-order valence-electron chi connectivity index (χ4n) is 4.84. The van der Waals surface area contributed by atoms with E-state index in [1.165, 1.54) is 15.9 Å². The molecule has 3 aromatic heterocycles.